The number of hydrogen-bond acceptors (Lipinski definition) is 8. The lowest BCUT2D eigenvalue weighted by molar-refractivity contribution is -0.138. The van der Waals surface area contributed by atoms with Gasteiger partial charge in [0.15, 0.2) is 15.0 Å². The second-order valence-corrected chi connectivity index (χ2v) is 11.1. The molecule has 2 aromatic rings. The first-order valence-corrected chi connectivity index (χ1v) is 12.9. The fourth-order valence-corrected chi connectivity index (χ4v) is 5.68. The maximum absolute atomic E-state index is 13.1. The molecular formula is C21H23N3O7S2. The third-order valence-corrected chi connectivity index (χ3v) is 8.03. The summed E-state index contributed by atoms with van der Waals surface area (Å²) in [5, 5.41) is 11.0. The Morgan fingerprint density at radius 3 is 2.30 bits per heavy atom. The van der Waals surface area contributed by atoms with Crippen LogP contribution in [-0.2, 0) is 35.4 Å². The fourth-order valence-electron chi connectivity index (χ4n) is 3.58. The maximum Gasteiger partial charge on any atom is 0.323 e. The van der Waals surface area contributed by atoms with Gasteiger partial charge in [0.25, 0.3) is 0 Å². The average molecular weight is 494 g/mol. The van der Waals surface area contributed by atoms with Gasteiger partial charge in [0.2, 0.25) is 5.91 Å². The first-order valence-electron chi connectivity index (χ1n) is 10.1. The van der Waals surface area contributed by atoms with E-state index in [0.29, 0.717) is 24.2 Å². The van der Waals surface area contributed by atoms with Crippen molar-refractivity contribution in [1.29, 1.82) is 0 Å². The molecule has 3 amide bonds. The van der Waals surface area contributed by atoms with Crippen LogP contribution < -0.4 is 10.2 Å². The molecule has 2 N–H and O–H groups in total. The van der Waals surface area contributed by atoms with Crippen LogP contribution in [0.5, 0.6) is 0 Å². The monoisotopic (exact) mass is 493 g/mol. The Labute approximate surface area is 194 Å². The van der Waals surface area contributed by atoms with Crippen LogP contribution in [0.2, 0.25) is 0 Å². The van der Waals surface area contributed by atoms with Gasteiger partial charge in [0.1, 0.15) is 4.21 Å². The highest BCUT2D eigenvalue weighted by molar-refractivity contribution is 7.92. The Balaban J connectivity index is 1.89. The molecule has 10 nitrogen and oxygen atoms in total. The normalized spacial score (nSPS) is 14.1. The van der Waals surface area contributed by atoms with Crippen LogP contribution in [0.25, 0.3) is 0 Å². The SMILES string of the molecule is Cc1ccc(N(C(=O)C(=O)Nc2nc(CC(=O)O)c(S(C)(=O)=O)s2)C(=O)C2CCCC2)cc1. The van der Waals surface area contributed by atoms with E-state index in [1.165, 1.54) is 0 Å². The number of aryl methyl sites for hydroxylation is 1. The van der Waals surface area contributed by atoms with E-state index in [9.17, 15) is 27.6 Å². The topological polar surface area (TPSA) is 151 Å². The van der Waals surface area contributed by atoms with Gasteiger partial charge in [-0.15, -0.1) is 0 Å². The second-order valence-electron chi connectivity index (χ2n) is 7.85. The minimum atomic E-state index is -3.81. The van der Waals surface area contributed by atoms with Crippen LogP contribution in [0.1, 0.15) is 36.9 Å². The van der Waals surface area contributed by atoms with Gasteiger partial charge in [-0.25, -0.2) is 18.3 Å². The number of amides is 3. The van der Waals surface area contributed by atoms with Gasteiger partial charge in [-0.1, -0.05) is 41.9 Å². The van der Waals surface area contributed by atoms with Gasteiger partial charge in [0.05, 0.1) is 17.8 Å². The molecule has 33 heavy (non-hydrogen) atoms. The van der Waals surface area contributed by atoms with Crippen molar-refractivity contribution in [2.45, 2.75) is 43.2 Å². The van der Waals surface area contributed by atoms with Crippen molar-refractivity contribution >= 4 is 55.7 Å². The van der Waals surface area contributed by atoms with E-state index in [-0.39, 0.29) is 26.6 Å². The summed E-state index contributed by atoms with van der Waals surface area (Å²) in [6.45, 7) is 1.85. The summed E-state index contributed by atoms with van der Waals surface area (Å²) in [4.78, 5) is 54.7. The van der Waals surface area contributed by atoms with Gasteiger partial charge in [-0.2, -0.15) is 0 Å². The first kappa shape index (κ1) is 24.5. The molecule has 0 saturated heterocycles. The smallest absolute Gasteiger partial charge is 0.323 e. The molecule has 1 heterocycles. The number of sulfone groups is 1. The molecule has 3 rings (SSSR count). The molecule has 0 aliphatic heterocycles. The van der Waals surface area contributed by atoms with Crippen LogP contribution in [0.3, 0.4) is 0 Å². The highest BCUT2D eigenvalue weighted by Gasteiger charge is 2.35. The Bertz CT molecular complexity index is 1200. The van der Waals surface area contributed by atoms with Gasteiger partial charge in [-0.05, 0) is 31.9 Å². The van der Waals surface area contributed by atoms with E-state index in [1.54, 1.807) is 24.3 Å². The lowest BCUT2D eigenvalue weighted by Gasteiger charge is -2.23. The zero-order chi connectivity index (χ0) is 24.3. The molecule has 0 bridgehead atoms. The van der Waals surface area contributed by atoms with E-state index in [0.717, 1.165) is 29.6 Å². The standard InChI is InChI=1S/C21H23N3O7S2/c1-12-7-9-14(10-8-12)24(18(28)13-5-3-4-6-13)19(29)17(27)23-21-22-15(11-16(25)26)20(32-21)33(2,30)31/h7-10,13H,3-6,11H2,1-2H3,(H,25,26)(H,22,23,27). The summed E-state index contributed by atoms with van der Waals surface area (Å²) < 4.78 is 23.6. The van der Waals surface area contributed by atoms with Gasteiger partial charge in [0, 0.05) is 12.2 Å². The third kappa shape index (κ3) is 5.82. The molecule has 12 heteroatoms. The number of anilines is 2. The highest BCUT2D eigenvalue weighted by atomic mass is 32.2. The molecule has 1 aromatic carbocycles. The predicted molar refractivity (Wildman–Crippen MR) is 121 cm³/mol. The number of hydrogen-bond donors (Lipinski definition) is 2. The maximum atomic E-state index is 13.1. The molecule has 0 atom stereocenters. The molecule has 1 aromatic heterocycles. The van der Waals surface area contributed by atoms with Crippen molar-refractivity contribution in [1.82, 2.24) is 4.98 Å². The Morgan fingerprint density at radius 2 is 1.76 bits per heavy atom. The molecule has 1 fully saturated rings. The molecular weight excluding hydrogens is 470 g/mol. The number of imide groups is 1. The summed E-state index contributed by atoms with van der Waals surface area (Å²) in [7, 11) is -3.81. The fraction of sp³-hybridized carbons (Fsp3) is 0.381. The summed E-state index contributed by atoms with van der Waals surface area (Å²) in [5.74, 6) is -4.46. The molecule has 0 radical (unpaired) electrons. The number of carbonyl (C=O) groups excluding carboxylic acids is 3. The van der Waals surface area contributed by atoms with E-state index >= 15 is 0 Å². The quantitative estimate of drug-likeness (QED) is 0.581. The number of thiazole rings is 1. The summed E-state index contributed by atoms with van der Waals surface area (Å²) in [5.41, 5.74) is 0.918. The predicted octanol–water partition coefficient (Wildman–Crippen LogP) is 2.17. The summed E-state index contributed by atoms with van der Waals surface area (Å²) in [6.07, 6.45) is 3.19. The zero-order valence-corrected chi connectivity index (χ0v) is 19.7. The number of aromatic nitrogens is 1. The van der Waals surface area contributed by atoms with Crippen molar-refractivity contribution in [3.63, 3.8) is 0 Å². The summed E-state index contributed by atoms with van der Waals surface area (Å²) in [6, 6.07) is 6.58. The second kappa shape index (κ2) is 9.79. The van der Waals surface area contributed by atoms with Crippen LogP contribution in [0, 0.1) is 12.8 Å². The van der Waals surface area contributed by atoms with E-state index in [4.69, 9.17) is 5.11 Å². The van der Waals surface area contributed by atoms with Crippen LogP contribution in [0.4, 0.5) is 10.8 Å². The largest absolute Gasteiger partial charge is 0.481 e. The van der Waals surface area contributed by atoms with Crippen molar-refractivity contribution in [2.75, 3.05) is 16.5 Å². The van der Waals surface area contributed by atoms with E-state index in [1.807, 2.05) is 6.92 Å². The highest BCUT2D eigenvalue weighted by Crippen LogP contribution is 2.30. The Hall–Kier alpha value is -3.12. The van der Waals surface area contributed by atoms with Gasteiger partial charge < -0.3 is 5.11 Å². The molecule has 1 aliphatic carbocycles. The number of carboxylic acid groups (broad SMARTS) is 1. The zero-order valence-electron chi connectivity index (χ0n) is 18.0. The van der Waals surface area contributed by atoms with Gasteiger partial charge in [-0.3, -0.25) is 24.5 Å². The number of carbonyl (C=O) groups is 4. The molecule has 0 spiro atoms. The number of benzene rings is 1. The molecule has 1 aliphatic rings. The molecule has 176 valence electrons. The third-order valence-electron chi connectivity index (χ3n) is 5.15. The lowest BCUT2D eigenvalue weighted by atomic mass is 10.1. The van der Waals surface area contributed by atoms with E-state index in [2.05, 4.69) is 10.3 Å². The van der Waals surface area contributed by atoms with Crippen LogP contribution in [0.15, 0.2) is 28.5 Å². The average Bonchev–Trinajstić information content (AvgIpc) is 3.39. The molecule has 0 unspecified atom stereocenters. The number of carboxylic acids is 1. The number of aliphatic carboxylic acids is 1. The molecule has 1 saturated carbocycles. The van der Waals surface area contributed by atoms with E-state index < -0.39 is 39.9 Å². The van der Waals surface area contributed by atoms with Crippen LogP contribution in [-0.4, -0.2) is 48.5 Å². The van der Waals surface area contributed by atoms with Gasteiger partial charge >= 0.3 is 17.8 Å². The Morgan fingerprint density at radius 1 is 1.15 bits per heavy atom. The van der Waals surface area contributed by atoms with Crippen molar-refractivity contribution in [3.8, 4) is 0 Å². The van der Waals surface area contributed by atoms with Crippen LogP contribution >= 0.6 is 11.3 Å². The summed E-state index contributed by atoms with van der Waals surface area (Å²) >= 11 is 0.547. The van der Waals surface area contributed by atoms with Crippen molar-refractivity contribution < 1.29 is 32.7 Å². The minimum Gasteiger partial charge on any atom is -0.481 e. The number of nitrogens with one attached hydrogen (secondary N) is 1. The number of nitrogens with zero attached hydrogens (tertiary/aromatic N) is 2. The minimum absolute atomic E-state index is 0.241. The van der Waals surface area contributed by atoms with Crippen molar-refractivity contribution in [2.24, 2.45) is 5.92 Å². The number of rotatable bonds is 6. The van der Waals surface area contributed by atoms with Crippen molar-refractivity contribution in [3.05, 3.63) is 35.5 Å². The lowest BCUT2D eigenvalue weighted by Crippen LogP contribution is -2.46. The Kier molecular flexibility index (Phi) is 7.28. The first-order chi connectivity index (χ1) is 15.5.